The standard InChI is InChI=1S/C55H60FN9O12/c1-6-55(75)40-26-43-51-38(29-64(43)53(73)39(40)31-77-54(55)74)37(36-25-44(76-5)41(56)27-42(36)59-51)28-60-19-17-35(18-20-60)65(3,4)30-33-7-9-34(10-8-33)58-52(72)32(2)57-45(66)11-12-46(67)61(21-23-62-47(68)13-14-48(62)69)22-24-63-49(70)15-16-50(63)71/h7-10,13-16,25-27,32,35,75H,6,11-12,17-24,28-31H2,1-5H3,(H-,57,58,66,72)/p+1/t32-,55-/m0/s1. The number of aromatic nitrogens is 2. The first-order chi connectivity index (χ1) is 36.7. The summed E-state index contributed by atoms with van der Waals surface area (Å²) in [4.78, 5) is 125. The van der Waals surface area contributed by atoms with Gasteiger partial charge in [-0.2, -0.15) is 0 Å². The van der Waals surface area contributed by atoms with Crippen molar-refractivity contribution in [1.29, 1.82) is 0 Å². The number of nitrogens with zero attached hydrogens (tertiary/aromatic N) is 7. The monoisotopic (exact) mass is 1060 g/mol. The number of imide groups is 2. The summed E-state index contributed by atoms with van der Waals surface area (Å²) in [7, 11) is 5.79. The number of fused-ring (bicyclic) bond motifs is 5. The summed E-state index contributed by atoms with van der Waals surface area (Å²) < 4.78 is 28.2. The number of carbonyl (C=O) groups excluding carboxylic acids is 8. The van der Waals surface area contributed by atoms with Crippen molar-refractivity contribution < 1.29 is 61.8 Å². The van der Waals surface area contributed by atoms with Crippen LogP contribution in [0.3, 0.4) is 0 Å². The molecule has 7 heterocycles. The molecular formula is C55H61FN9O12+. The molecule has 7 amide bonds. The third kappa shape index (κ3) is 10.8. The van der Waals surface area contributed by atoms with E-state index in [1.807, 2.05) is 12.1 Å². The molecule has 5 aliphatic rings. The summed E-state index contributed by atoms with van der Waals surface area (Å²) >= 11 is 0. The first kappa shape index (κ1) is 53.9. The summed E-state index contributed by atoms with van der Waals surface area (Å²) in [5, 5.41) is 17.6. The Kier molecular flexibility index (Phi) is 15.1. The number of nitrogens with one attached hydrogen (secondary N) is 2. The Balaban J connectivity index is 0.783. The van der Waals surface area contributed by atoms with E-state index < -0.39 is 64.8 Å². The van der Waals surface area contributed by atoms with Crippen LogP contribution in [0, 0.1) is 5.82 Å². The van der Waals surface area contributed by atoms with E-state index in [2.05, 4.69) is 29.6 Å². The SMILES string of the molecule is CC[C@@]1(O)C(=O)OCc2c1cc1n(c2=O)Cc2c-1nc1cc(F)c(OC)cc1c2CN1CCC([N+](C)(C)Cc2ccc(NC(=O)[C@H](C)NC(=O)CCC(=O)N(CCN3C(=O)C=CC3=O)CCN3C(=O)C=CC3=O)cc2)CC1. The molecule has 77 heavy (non-hydrogen) atoms. The number of pyridine rings is 2. The van der Waals surface area contributed by atoms with Crippen LogP contribution in [0.2, 0.25) is 0 Å². The molecule has 0 radical (unpaired) electrons. The van der Waals surface area contributed by atoms with Gasteiger partial charge in [-0.1, -0.05) is 19.1 Å². The lowest BCUT2D eigenvalue weighted by molar-refractivity contribution is -0.929. The van der Waals surface area contributed by atoms with Crippen molar-refractivity contribution in [3.05, 3.63) is 111 Å². The molecule has 1 fully saturated rings. The van der Waals surface area contributed by atoms with Gasteiger partial charge in [0.2, 0.25) is 17.7 Å². The third-order valence-corrected chi connectivity index (χ3v) is 15.5. The van der Waals surface area contributed by atoms with E-state index in [9.17, 15) is 48.3 Å². The number of piperidine rings is 1. The highest BCUT2D eigenvalue weighted by Crippen LogP contribution is 2.42. The number of rotatable bonds is 19. The molecular weight excluding hydrogens is 998 g/mol. The highest BCUT2D eigenvalue weighted by atomic mass is 19.1. The van der Waals surface area contributed by atoms with Gasteiger partial charge < -0.3 is 39.2 Å². The number of halogens is 1. The quantitative estimate of drug-likeness (QED) is 0.0611. The highest BCUT2D eigenvalue weighted by Gasteiger charge is 2.46. The van der Waals surface area contributed by atoms with E-state index in [0.717, 1.165) is 76.7 Å². The molecule has 0 unspecified atom stereocenters. The largest absolute Gasteiger partial charge is 0.494 e. The van der Waals surface area contributed by atoms with E-state index >= 15 is 4.39 Å². The Hall–Kier alpha value is -7.95. The molecule has 3 N–H and O–H groups in total. The molecule has 0 aliphatic carbocycles. The van der Waals surface area contributed by atoms with E-state index in [-0.39, 0.29) is 81.0 Å². The number of amides is 7. The van der Waals surface area contributed by atoms with Crippen molar-refractivity contribution in [3.63, 3.8) is 0 Å². The van der Waals surface area contributed by atoms with Crippen LogP contribution in [0.5, 0.6) is 5.75 Å². The minimum Gasteiger partial charge on any atom is -0.494 e. The number of anilines is 1. The number of ether oxygens (including phenoxy) is 2. The van der Waals surface area contributed by atoms with Crippen LogP contribution in [0.4, 0.5) is 10.1 Å². The van der Waals surface area contributed by atoms with Crippen molar-refractivity contribution in [3.8, 4) is 17.1 Å². The van der Waals surface area contributed by atoms with Gasteiger partial charge in [-0.25, -0.2) is 14.2 Å². The number of methoxy groups -OCH3 is 1. The molecule has 0 spiro atoms. The molecule has 404 valence electrons. The van der Waals surface area contributed by atoms with Crippen molar-refractivity contribution in [2.45, 2.75) is 89.9 Å². The van der Waals surface area contributed by atoms with Crippen LogP contribution in [0.1, 0.15) is 73.8 Å². The molecule has 5 aliphatic heterocycles. The Morgan fingerprint density at radius 3 is 2.13 bits per heavy atom. The van der Waals surface area contributed by atoms with Gasteiger partial charge in [0.1, 0.15) is 19.2 Å². The van der Waals surface area contributed by atoms with Crippen LogP contribution < -0.4 is 20.9 Å². The van der Waals surface area contributed by atoms with Gasteiger partial charge in [0.05, 0.1) is 56.3 Å². The van der Waals surface area contributed by atoms with Crippen LogP contribution in [0.25, 0.3) is 22.3 Å². The first-order valence-electron chi connectivity index (χ1n) is 25.6. The predicted octanol–water partition coefficient (Wildman–Crippen LogP) is 2.37. The number of quaternary nitrogens is 1. The molecule has 22 heteroatoms. The number of cyclic esters (lactones) is 1. The molecule has 0 bridgehead atoms. The fraction of sp³-hybridized carbons (Fsp3) is 0.418. The summed E-state index contributed by atoms with van der Waals surface area (Å²) in [6, 6.07) is 11.5. The van der Waals surface area contributed by atoms with Crippen LogP contribution in [-0.2, 0) is 74.9 Å². The van der Waals surface area contributed by atoms with Crippen molar-refractivity contribution >= 4 is 63.9 Å². The summed E-state index contributed by atoms with van der Waals surface area (Å²) in [6.45, 7) is 5.39. The van der Waals surface area contributed by atoms with E-state index in [0.29, 0.717) is 51.6 Å². The molecule has 2 atom stereocenters. The minimum absolute atomic E-state index is 0.00580. The zero-order valence-corrected chi connectivity index (χ0v) is 43.6. The molecule has 1 saturated heterocycles. The molecule has 2 aromatic heterocycles. The van der Waals surface area contributed by atoms with Crippen molar-refractivity contribution in [2.75, 3.05) is 65.8 Å². The number of likely N-dealkylation sites (tertiary alicyclic amines) is 1. The topological polar surface area (TPSA) is 247 Å². The summed E-state index contributed by atoms with van der Waals surface area (Å²) in [6.07, 6.45) is 5.67. The average molecular weight is 1060 g/mol. The summed E-state index contributed by atoms with van der Waals surface area (Å²) in [5.41, 5.74) is 2.64. The van der Waals surface area contributed by atoms with Crippen LogP contribution in [0.15, 0.2) is 71.6 Å². The van der Waals surface area contributed by atoms with Gasteiger partial charge in [0.15, 0.2) is 17.2 Å². The van der Waals surface area contributed by atoms with Gasteiger partial charge >= 0.3 is 5.97 Å². The van der Waals surface area contributed by atoms with Gasteiger partial charge in [-0.3, -0.25) is 53.1 Å². The maximum atomic E-state index is 15.3. The fourth-order valence-electron chi connectivity index (χ4n) is 10.9. The van der Waals surface area contributed by atoms with Gasteiger partial charge in [0, 0.05) is 130 Å². The normalized spacial score (nSPS) is 18.7. The zero-order valence-electron chi connectivity index (χ0n) is 43.6. The number of esters is 1. The lowest BCUT2D eigenvalue weighted by Crippen LogP contribution is -2.53. The van der Waals surface area contributed by atoms with Crippen molar-refractivity contribution in [1.82, 2.24) is 34.5 Å². The van der Waals surface area contributed by atoms with Gasteiger partial charge in [-0.05, 0) is 43.2 Å². The molecule has 9 rings (SSSR count). The second-order valence-corrected chi connectivity index (χ2v) is 20.6. The minimum atomic E-state index is -1.99. The number of hydrogen-bond acceptors (Lipinski definition) is 14. The molecule has 0 saturated carbocycles. The third-order valence-electron chi connectivity index (χ3n) is 15.5. The van der Waals surface area contributed by atoms with E-state index in [1.54, 1.807) is 35.8 Å². The first-order valence-corrected chi connectivity index (χ1v) is 25.6. The second kappa shape index (κ2) is 21.6. The number of benzene rings is 2. The van der Waals surface area contributed by atoms with Crippen molar-refractivity contribution in [2.24, 2.45) is 0 Å². The predicted molar refractivity (Wildman–Crippen MR) is 275 cm³/mol. The Labute approximate surface area is 442 Å². The smallest absolute Gasteiger partial charge is 0.343 e. The second-order valence-electron chi connectivity index (χ2n) is 20.6. The number of aliphatic hydroxyl groups is 1. The molecule has 4 aromatic rings. The zero-order chi connectivity index (χ0) is 55.1. The average Bonchev–Trinajstić information content (AvgIpc) is 4.28. The lowest BCUT2D eigenvalue weighted by atomic mass is 9.86. The maximum Gasteiger partial charge on any atom is 0.343 e. The molecule has 2 aromatic carbocycles. The van der Waals surface area contributed by atoms with Crippen LogP contribution >= 0.6 is 0 Å². The number of carbonyl (C=O) groups is 8. The highest BCUT2D eigenvalue weighted by molar-refractivity contribution is 6.13. The van der Waals surface area contributed by atoms with E-state index in [1.165, 1.54) is 25.0 Å². The van der Waals surface area contributed by atoms with Gasteiger partial charge in [-0.15, -0.1) is 0 Å². The Morgan fingerprint density at radius 1 is 0.909 bits per heavy atom. The number of hydrogen-bond donors (Lipinski definition) is 3. The lowest BCUT2D eigenvalue weighted by Gasteiger charge is -2.43. The Bertz CT molecular complexity index is 3170. The fourth-order valence-corrected chi connectivity index (χ4v) is 10.9. The maximum absolute atomic E-state index is 15.3. The molecule has 21 nitrogen and oxygen atoms in total. The Morgan fingerprint density at radius 2 is 1.53 bits per heavy atom. The van der Waals surface area contributed by atoms with E-state index in [4.69, 9.17) is 14.5 Å². The van der Waals surface area contributed by atoms with Crippen LogP contribution in [-0.4, -0.2) is 159 Å². The summed E-state index contributed by atoms with van der Waals surface area (Å²) in [5.74, 6) is -5.01. The van der Waals surface area contributed by atoms with Gasteiger partial charge in [0.25, 0.3) is 29.2 Å².